The van der Waals surface area contributed by atoms with E-state index in [1.165, 1.54) is 24.3 Å². The highest BCUT2D eigenvalue weighted by Gasteiger charge is 2.19. The van der Waals surface area contributed by atoms with Crippen molar-refractivity contribution in [2.45, 2.75) is 0 Å². The average Bonchev–Trinajstić information content (AvgIpc) is 2.46. The van der Waals surface area contributed by atoms with Gasteiger partial charge < -0.3 is 19.2 Å². The summed E-state index contributed by atoms with van der Waals surface area (Å²) in [6.07, 6.45) is 1.15. The second-order valence-electron chi connectivity index (χ2n) is 4.92. The molecule has 0 radical (unpaired) electrons. The molecule has 0 saturated carbocycles. The highest BCUT2D eigenvalue weighted by molar-refractivity contribution is 7.46. The Hall–Kier alpha value is -2.80. The van der Waals surface area contributed by atoms with Crippen LogP contribution in [0.25, 0.3) is 22.1 Å². The van der Waals surface area contributed by atoms with Gasteiger partial charge in [-0.25, -0.2) is 4.57 Å². The maximum absolute atomic E-state index is 12.6. The topological polar surface area (TPSA) is 137 Å². The van der Waals surface area contributed by atoms with Crippen molar-refractivity contribution in [2.24, 2.45) is 0 Å². The molecule has 0 amide bonds. The van der Waals surface area contributed by atoms with Crippen LogP contribution in [0.5, 0.6) is 17.2 Å². The molecule has 3 rings (SSSR count). The van der Waals surface area contributed by atoms with E-state index in [4.69, 9.17) is 14.2 Å². The maximum atomic E-state index is 12.6. The van der Waals surface area contributed by atoms with E-state index < -0.39 is 19.0 Å². The average molecular weight is 350 g/mol. The smallest absolute Gasteiger partial charge is 0.508 e. The van der Waals surface area contributed by atoms with Crippen molar-refractivity contribution in [3.8, 4) is 28.4 Å². The highest BCUT2D eigenvalue weighted by Crippen LogP contribution is 2.40. The Labute approximate surface area is 134 Å². The molecule has 3 aromatic rings. The van der Waals surface area contributed by atoms with Crippen LogP contribution in [0.2, 0.25) is 0 Å². The Kier molecular flexibility index (Phi) is 3.81. The van der Waals surface area contributed by atoms with Gasteiger partial charge in [-0.15, -0.1) is 0 Å². The van der Waals surface area contributed by atoms with E-state index in [0.717, 1.165) is 18.4 Å². The standard InChI is InChI=1S/C15H11O8P/c16-9-3-1-8(2-4-9)11-7-22-13-6-10(23-24(19,20)21)5-12(17)14(13)15(11)18/h1-7,16-17H,(H2,19,20,21). The number of benzene rings is 2. The van der Waals surface area contributed by atoms with Crippen molar-refractivity contribution < 1.29 is 33.5 Å². The van der Waals surface area contributed by atoms with Gasteiger partial charge in [-0.3, -0.25) is 14.6 Å². The van der Waals surface area contributed by atoms with Crippen molar-refractivity contribution >= 4 is 18.8 Å². The first kappa shape index (κ1) is 16.1. The predicted molar refractivity (Wildman–Crippen MR) is 83.9 cm³/mol. The minimum atomic E-state index is -4.81. The summed E-state index contributed by atoms with van der Waals surface area (Å²) in [5.41, 5.74) is -0.00648. The van der Waals surface area contributed by atoms with Gasteiger partial charge in [0.2, 0.25) is 5.43 Å². The van der Waals surface area contributed by atoms with Crippen LogP contribution in [0, 0.1) is 0 Å². The summed E-state index contributed by atoms with van der Waals surface area (Å²) in [7, 11) is -4.81. The number of aromatic hydroxyl groups is 2. The van der Waals surface area contributed by atoms with Gasteiger partial charge in [0.15, 0.2) is 0 Å². The molecule has 4 N–H and O–H groups in total. The molecule has 24 heavy (non-hydrogen) atoms. The van der Waals surface area contributed by atoms with Gasteiger partial charge in [-0.05, 0) is 17.7 Å². The largest absolute Gasteiger partial charge is 0.524 e. The van der Waals surface area contributed by atoms with Gasteiger partial charge in [0.25, 0.3) is 0 Å². The Balaban J connectivity index is 2.18. The zero-order valence-electron chi connectivity index (χ0n) is 11.9. The zero-order chi connectivity index (χ0) is 17.5. The predicted octanol–water partition coefficient (Wildman–Crippen LogP) is 2.34. The molecule has 0 aliphatic rings. The summed E-state index contributed by atoms with van der Waals surface area (Å²) < 4.78 is 20.5. The third-order valence-electron chi connectivity index (χ3n) is 3.23. The molecule has 8 nitrogen and oxygen atoms in total. The second-order valence-corrected chi connectivity index (χ2v) is 6.09. The molecule has 0 aliphatic heterocycles. The SMILES string of the molecule is O=c1c(-c2ccc(O)cc2)coc2cc(OP(=O)(O)O)cc(O)c12. The van der Waals surface area contributed by atoms with E-state index in [1.54, 1.807) is 0 Å². The van der Waals surface area contributed by atoms with Crippen LogP contribution in [-0.2, 0) is 4.57 Å². The monoisotopic (exact) mass is 350 g/mol. The number of phosphoric acid groups is 1. The van der Waals surface area contributed by atoms with Crippen molar-refractivity contribution in [3.05, 3.63) is 52.9 Å². The lowest BCUT2D eigenvalue weighted by Crippen LogP contribution is -2.05. The first-order valence-electron chi connectivity index (χ1n) is 6.58. The van der Waals surface area contributed by atoms with Crippen LogP contribution >= 0.6 is 7.82 Å². The van der Waals surface area contributed by atoms with Gasteiger partial charge in [0.1, 0.15) is 34.5 Å². The zero-order valence-corrected chi connectivity index (χ0v) is 12.8. The summed E-state index contributed by atoms with van der Waals surface area (Å²) in [5.74, 6) is -0.842. The van der Waals surface area contributed by atoms with Crippen LogP contribution in [0.15, 0.2) is 51.9 Å². The van der Waals surface area contributed by atoms with Gasteiger partial charge in [0, 0.05) is 12.1 Å². The molecule has 124 valence electrons. The van der Waals surface area contributed by atoms with Gasteiger partial charge >= 0.3 is 7.82 Å². The molecule has 0 saturated heterocycles. The van der Waals surface area contributed by atoms with Crippen molar-refractivity contribution in [2.75, 3.05) is 0 Å². The molecule has 0 aliphatic carbocycles. The van der Waals surface area contributed by atoms with Gasteiger partial charge in [-0.2, -0.15) is 0 Å². The van der Waals surface area contributed by atoms with E-state index >= 15 is 0 Å². The van der Waals surface area contributed by atoms with Crippen LogP contribution in [0.4, 0.5) is 0 Å². The van der Waals surface area contributed by atoms with Crippen molar-refractivity contribution in [1.29, 1.82) is 0 Å². The van der Waals surface area contributed by atoms with Gasteiger partial charge in [-0.1, -0.05) is 12.1 Å². The molecular weight excluding hydrogens is 339 g/mol. The quantitative estimate of drug-likeness (QED) is 0.528. The number of fused-ring (bicyclic) bond motifs is 1. The Morgan fingerprint density at radius 1 is 1.04 bits per heavy atom. The first-order valence-corrected chi connectivity index (χ1v) is 8.11. The molecular formula is C15H11O8P. The Bertz CT molecular complexity index is 1020. The third kappa shape index (κ3) is 3.11. The van der Waals surface area contributed by atoms with Crippen LogP contribution < -0.4 is 9.95 Å². The molecule has 0 fully saturated rings. The maximum Gasteiger partial charge on any atom is 0.524 e. The lowest BCUT2D eigenvalue weighted by molar-refractivity contribution is 0.283. The second kappa shape index (κ2) is 5.68. The lowest BCUT2D eigenvalue weighted by atomic mass is 10.0. The summed E-state index contributed by atoms with van der Waals surface area (Å²) in [6, 6.07) is 7.83. The lowest BCUT2D eigenvalue weighted by Gasteiger charge is -2.09. The summed E-state index contributed by atoms with van der Waals surface area (Å²) >= 11 is 0. The molecule has 0 bridgehead atoms. The summed E-state index contributed by atoms with van der Waals surface area (Å²) in [6.45, 7) is 0. The molecule has 0 atom stereocenters. The minimum absolute atomic E-state index is 0.0333. The fourth-order valence-electron chi connectivity index (χ4n) is 2.24. The third-order valence-corrected chi connectivity index (χ3v) is 3.68. The fourth-order valence-corrected chi connectivity index (χ4v) is 2.62. The molecule has 1 aromatic heterocycles. The number of hydrogen-bond acceptors (Lipinski definition) is 6. The Morgan fingerprint density at radius 3 is 2.33 bits per heavy atom. The molecule has 2 aromatic carbocycles. The number of phenols is 2. The molecule has 9 heteroatoms. The van der Waals surface area contributed by atoms with Crippen LogP contribution in [-0.4, -0.2) is 20.0 Å². The summed E-state index contributed by atoms with van der Waals surface area (Å²) in [5, 5.41) is 19.2. The van der Waals surface area contributed by atoms with E-state index in [2.05, 4.69) is 4.52 Å². The van der Waals surface area contributed by atoms with Crippen molar-refractivity contribution in [1.82, 2.24) is 0 Å². The van der Waals surface area contributed by atoms with E-state index in [9.17, 15) is 19.6 Å². The van der Waals surface area contributed by atoms with Crippen LogP contribution in [0.3, 0.4) is 0 Å². The van der Waals surface area contributed by atoms with E-state index in [1.807, 2.05) is 0 Å². The van der Waals surface area contributed by atoms with E-state index in [-0.39, 0.29) is 28.0 Å². The fraction of sp³-hybridized carbons (Fsp3) is 0. The molecule has 0 spiro atoms. The van der Waals surface area contributed by atoms with E-state index in [0.29, 0.717) is 5.56 Å². The minimum Gasteiger partial charge on any atom is -0.508 e. The Morgan fingerprint density at radius 2 is 1.71 bits per heavy atom. The molecule has 1 heterocycles. The normalized spacial score (nSPS) is 11.6. The number of phosphoric ester groups is 1. The number of hydrogen-bond donors (Lipinski definition) is 4. The number of rotatable bonds is 3. The van der Waals surface area contributed by atoms with Gasteiger partial charge in [0.05, 0.1) is 5.56 Å². The number of phenolic OH excluding ortho intramolecular Hbond substituents is 2. The highest BCUT2D eigenvalue weighted by atomic mass is 31.2. The van der Waals surface area contributed by atoms with Crippen LogP contribution in [0.1, 0.15) is 0 Å². The summed E-state index contributed by atoms with van der Waals surface area (Å²) in [4.78, 5) is 30.2. The van der Waals surface area contributed by atoms with Crippen molar-refractivity contribution in [3.63, 3.8) is 0 Å². The molecule has 0 unspecified atom stereocenters. The first-order chi connectivity index (χ1) is 11.2.